The lowest BCUT2D eigenvalue weighted by Crippen LogP contribution is -2.11. The number of para-hydroxylation sites is 1. The number of rotatable bonds is 3. The van der Waals surface area contributed by atoms with Crippen molar-refractivity contribution in [3.8, 4) is 5.75 Å². The minimum Gasteiger partial charge on any atom is -0.484 e. The minimum absolute atomic E-state index is 0.124. The summed E-state index contributed by atoms with van der Waals surface area (Å²) >= 11 is 0. The molecule has 0 atom stereocenters. The van der Waals surface area contributed by atoms with E-state index in [1.165, 1.54) is 7.11 Å². The SMILES string of the molecule is COC(=N)COc1ccccc1. The first-order valence-corrected chi connectivity index (χ1v) is 3.62. The van der Waals surface area contributed by atoms with Gasteiger partial charge in [-0.2, -0.15) is 0 Å². The summed E-state index contributed by atoms with van der Waals surface area (Å²) in [5.74, 6) is 0.873. The summed E-state index contributed by atoms with van der Waals surface area (Å²) in [6, 6.07) is 9.35. The Morgan fingerprint density at radius 3 is 2.58 bits per heavy atom. The molecule has 1 aromatic rings. The van der Waals surface area contributed by atoms with Gasteiger partial charge in [0.15, 0.2) is 6.61 Å². The summed E-state index contributed by atoms with van der Waals surface area (Å²) in [6.07, 6.45) is 0. The third kappa shape index (κ3) is 2.62. The molecule has 3 nitrogen and oxygen atoms in total. The predicted octanol–water partition coefficient (Wildman–Crippen LogP) is 1.69. The Kier molecular flexibility index (Phi) is 3.14. The van der Waals surface area contributed by atoms with Gasteiger partial charge in [0.25, 0.3) is 0 Å². The molecule has 3 heteroatoms. The second-order valence-corrected chi connectivity index (χ2v) is 2.23. The fraction of sp³-hybridized carbons (Fsp3) is 0.222. The zero-order valence-electron chi connectivity index (χ0n) is 6.91. The van der Waals surface area contributed by atoms with E-state index < -0.39 is 0 Å². The normalized spacial score (nSPS) is 9.08. The molecule has 0 aromatic heterocycles. The van der Waals surface area contributed by atoms with Crippen LogP contribution in [-0.4, -0.2) is 19.6 Å². The predicted molar refractivity (Wildman–Crippen MR) is 46.7 cm³/mol. The second kappa shape index (κ2) is 4.38. The van der Waals surface area contributed by atoms with Crippen molar-refractivity contribution in [1.82, 2.24) is 0 Å². The lowest BCUT2D eigenvalue weighted by atomic mass is 10.3. The van der Waals surface area contributed by atoms with Gasteiger partial charge in [-0.15, -0.1) is 0 Å². The van der Waals surface area contributed by atoms with E-state index in [0.717, 1.165) is 5.75 Å². The highest BCUT2D eigenvalue weighted by atomic mass is 16.5. The lowest BCUT2D eigenvalue weighted by molar-refractivity contribution is 0.309. The van der Waals surface area contributed by atoms with Crippen molar-refractivity contribution in [3.63, 3.8) is 0 Å². The first-order valence-electron chi connectivity index (χ1n) is 3.62. The van der Waals surface area contributed by atoms with Crippen LogP contribution in [0.4, 0.5) is 0 Å². The van der Waals surface area contributed by atoms with E-state index in [1.807, 2.05) is 30.3 Å². The molecule has 0 saturated carbocycles. The molecule has 0 aliphatic carbocycles. The van der Waals surface area contributed by atoms with Crippen LogP contribution >= 0.6 is 0 Å². The first kappa shape index (κ1) is 8.59. The molecule has 0 fully saturated rings. The van der Waals surface area contributed by atoms with Crippen molar-refractivity contribution >= 4 is 5.90 Å². The zero-order chi connectivity index (χ0) is 8.81. The maximum absolute atomic E-state index is 7.14. The van der Waals surface area contributed by atoms with Crippen molar-refractivity contribution in [2.24, 2.45) is 0 Å². The Morgan fingerprint density at radius 1 is 1.33 bits per heavy atom. The van der Waals surface area contributed by atoms with Crippen molar-refractivity contribution < 1.29 is 9.47 Å². The Hall–Kier alpha value is -1.51. The maximum atomic E-state index is 7.14. The van der Waals surface area contributed by atoms with E-state index in [-0.39, 0.29) is 12.5 Å². The van der Waals surface area contributed by atoms with Crippen LogP contribution in [0, 0.1) is 5.41 Å². The van der Waals surface area contributed by atoms with Crippen molar-refractivity contribution in [1.29, 1.82) is 5.41 Å². The standard InChI is InChI=1S/C9H11NO2/c1-11-9(10)7-12-8-5-3-2-4-6-8/h2-6,10H,7H2,1H3. The number of hydrogen-bond acceptors (Lipinski definition) is 3. The van der Waals surface area contributed by atoms with Gasteiger partial charge in [0.1, 0.15) is 5.75 Å². The molecule has 0 aliphatic rings. The molecule has 0 saturated heterocycles. The Morgan fingerprint density at radius 2 is 2.00 bits per heavy atom. The highest BCUT2D eigenvalue weighted by Gasteiger charge is 1.95. The van der Waals surface area contributed by atoms with E-state index in [2.05, 4.69) is 4.74 Å². The van der Waals surface area contributed by atoms with Crippen LogP contribution < -0.4 is 4.74 Å². The van der Waals surface area contributed by atoms with Gasteiger partial charge >= 0.3 is 0 Å². The molecule has 1 N–H and O–H groups in total. The largest absolute Gasteiger partial charge is 0.484 e. The molecular formula is C9H11NO2. The van der Waals surface area contributed by atoms with Crippen LogP contribution in [0.5, 0.6) is 5.75 Å². The van der Waals surface area contributed by atoms with Crippen LogP contribution in [-0.2, 0) is 4.74 Å². The third-order valence-corrected chi connectivity index (χ3v) is 1.36. The Labute approximate surface area is 71.4 Å². The van der Waals surface area contributed by atoms with Crippen LogP contribution in [0.2, 0.25) is 0 Å². The number of ether oxygens (including phenoxy) is 2. The van der Waals surface area contributed by atoms with E-state index in [0.29, 0.717) is 0 Å². The van der Waals surface area contributed by atoms with Gasteiger partial charge < -0.3 is 9.47 Å². The Balaban J connectivity index is 2.38. The molecule has 0 heterocycles. The lowest BCUT2D eigenvalue weighted by Gasteiger charge is -2.04. The zero-order valence-corrected chi connectivity index (χ0v) is 6.91. The van der Waals surface area contributed by atoms with Crippen LogP contribution in [0.1, 0.15) is 0 Å². The summed E-state index contributed by atoms with van der Waals surface area (Å²) in [6.45, 7) is 0.181. The quantitative estimate of drug-likeness (QED) is 0.547. The first-order chi connectivity index (χ1) is 5.83. The molecule has 0 aliphatic heterocycles. The average Bonchev–Trinajstić information content (AvgIpc) is 2.16. The van der Waals surface area contributed by atoms with Crippen LogP contribution in [0.3, 0.4) is 0 Å². The molecule has 0 unspecified atom stereocenters. The van der Waals surface area contributed by atoms with Gasteiger partial charge in [-0.1, -0.05) is 18.2 Å². The third-order valence-electron chi connectivity index (χ3n) is 1.36. The number of benzene rings is 1. The number of hydrogen-bond donors (Lipinski definition) is 1. The van der Waals surface area contributed by atoms with Crippen LogP contribution in [0.25, 0.3) is 0 Å². The van der Waals surface area contributed by atoms with Gasteiger partial charge in [0, 0.05) is 0 Å². The molecular weight excluding hydrogens is 154 g/mol. The molecule has 12 heavy (non-hydrogen) atoms. The van der Waals surface area contributed by atoms with Crippen LogP contribution in [0.15, 0.2) is 30.3 Å². The summed E-state index contributed by atoms with van der Waals surface area (Å²) in [5.41, 5.74) is 0. The fourth-order valence-corrected chi connectivity index (χ4v) is 0.725. The molecule has 1 rings (SSSR count). The van der Waals surface area contributed by atoms with Crippen molar-refractivity contribution in [2.75, 3.05) is 13.7 Å². The summed E-state index contributed by atoms with van der Waals surface area (Å²) in [7, 11) is 1.46. The van der Waals surface area contributed by atoms with Gasteiger partial charge in [0.2, 0.25) is 5.90 Å². The molecule has 1 aromatic carbocycles. The molecule has 0 radical (unpaired) electrons. The minimum atomic E-state index is 0.124. The van der Waals surface area contributed by atoms with E-state index in [9.17, 15) is 0 Å². The Bertz CT molecular complexity index is 246. The highest BCUT2D eigenvalue weighted by molar-refractivity contribution is 5.73. The molecule has 64 valence electrons. The van der Waals surface area contributed by atoms with Gasteiger partial charge in [-0.3, -0.25) is 5.41 Å². The molecule has 0 spiro atoms. The van der Waals surface area contributed by atoms with Gasteiger partial charge in [0.05, 0.1) is 7.11 Å². The summed E-state index contributed by atoms with van der Waals surface area (Å²) in [5, 5.41) is 7.14. The van der Waals surface area contributed by atoms with Gasteiger partial charge in [-0.05, 0) is 12.1 Å². The number of nitrogens with one attached hydrogen (secondary N) is 1. The average molecular weight is 165 g/mol. The smallest absolute Gasteiger partial charge is 0.219 e. The van der Waals surface area contributed by atoms with Crippen molar-refractivity contribution in [3.05, 3.63) is 30.3 Å². The van der Waals surface area contributed by atoms with E-state index in [1.54, 1.807) is 0 Å². The fourth-order valence-electron chi connectivity index (χ4n) is 0.725. The molecule has 0 amide bonds. The topological polar surface area (TPSA) is 42.3 Å². The van der Waals surface area contributed by atoms with Crippen molar-refractivity contribution in [2.45, 2.75) is 0 Å². The van der Waals surface area contributed by atoms with Gasteiger partial charge in [-0.25, -0.2) is 0 Å². The number of methoxy groups -OCH3 is 1. The maximum Gasteiger partial charge on any atom is 0.219 e. The summed E-state index contributed by atoms with van der Waals surface area (Å²) in [4.78, 5) is 0. The summed E-state index contributed by atoms with van der Waals surface area (Å²) < 4.78 is 9.84. The molecule has 0 bridgehead atoms. The highest BCUT2D eigenvalue weighted by Crippen LogP contribution is 2.07. The van der Waals surface area contributed by atoms with E-state index >= 15 is 0 Å². The second-order valence-electron chi connectivity index (χ2n) is 2.23. The van der Waals surface area contributed by atoms with E-state index in [4.69, 9.17) is 10.1 Å². The monoisotopic (exact) mass is 165 g/mol.